The molecule has 1 heterocycles. The van der Waals surface area contributed by atoms with E-state index in [1.807, 2.05) is 0 Å². The van der Waals surface area contributed by atoms with Gasteiger partial charge in [-0.15, -0.1) is 11.3 Å². The molecule has 0 aliphatic heterocycles. The van der Waals surface area contributed by atoms with Crippen molar-refractivity contribution in [2.75, 3.05) is 0 Å². The Morgan fingerprint density at radius 1 is 1.35 bits per heavy atom. The molecular weight excluding hydrogens is 345 g/mol. The SMILES string of the molecule is O=C(O)c1cc(Cl)cc(S(=O)(=O)Cc2cncs2)c1Cl. The average Bonchev–Trinajstić information content (AvgIpc) is 2.83. The third-order valence-corrected chi connectivity index (χ3v) is 5.77. The van der Waals surface area contributed by atoms with E-state index in [0.29, 0.717) is 4.88 Å². The topological polar surface area (TPSA) is 84.3 Å². The summed E-state index contributed by atoms with van der Waals surface area (Å²) in [5.41, 5.74) is 1.16. The van der Waals surface area contributed by atoms with Crippen LogP contribution in [0.2, 0.25) is 10.0 Å². The van der Waals surface area contributed by atoms with E-state index in [-0.39, 0.29) is 26.3 Å². The van der Waals surface area contributed by atoms with Crippen LogP contribution in [0.15, 0.2) is 28.7 Å². The molecule has 0 bridgehead atoms. The Labute approximate surface area is 128 Å². The molecule has 0 unspecified atom stereocenters. The largest absolute Gasteiger partial charge is 0.478 e. The molecule has 0 spiro atoms. The first-order valence-electron chi connectivity index (χ1n) is 5.13. The Morgan fingerprint density at radius 3 is 2.60 bits per heavy atom. The molecule has 106 valence electrons. The Balaban J connectivity index is 2.54. The molecule has 0 atom stereocenters. The molecule has 0 saturated carbocycles. The molecule has 2 rings (SSSR count). The van der Waals surface area contributed by atoms with E-state index in [1.165, 1.54) is 23.0 Å². The van der Waals surface area contributed by atoms with E-state index in [0.717, 1.165) is 12.1 Å². The van der Waals surface area contributed by atoms with Crippen LogP contribution >= 0.6 is 34.5 Å². The molecule has 1 N–H and O–H groups in total. The summed E-state index contributed by atoms with van der Waals surface area (Å²) in [5, 5.41) is 8.64. The Hall–Kier alpha value is -1.15. The zero-order chi connectivity index (χ0) is 14.9. The highest BCUT2D eigenvalue weighted by Gasteiger charge is 2.24. The number of carbonyl (C=O) groups is 1. The first-order valence-corrected chi connectivity index (χ1v) is 8.42. The predicted octanol–water partition coefficient (Wildman–Crippen LogP) is 3.12. The molecular formula is C11H7Cl2NO4S2. The third-order valence-electron chi connectivity index (χ3n) is 2.39. The van der Waals surface area contributed by atoms with Gasteiger partial charge in [-0.25, -0.2) is 13.2 Å². The van der Waals surface area contributed by atoms with Crippen molar-refractivity contribution in [2.24, 2.45) is 0 Å². The molecule has 0 aliphatic carbocycles. The summed E-state index contributed by atoms with van der Waals surface area (Å²) in [4.78, 5) is 15.0. The summed E-state index contributed by atoms with van der Waals surface area (Å²) in [5.74, 6) is -1.65. The van der Waals surface area contributed by atoms with Gasteiger partial charge in [0.25, 0.3) is 0 Å². The Kier molecular flexibility index (Phi) is 4.33. The second-order valence-electron chi connectivity index (χ2n) is 3.80. The van der Waals surface area contributed by atoms with Crippen LogP contribution in [0.1, 0.15) is 15.2 Å². The third kappa shape index (κ3) is 3.12. The zero-order valence-corrected chi connectivity index (χ0v) is 12.9. The Bertz CT molecular complexity index is 757. The summed E-state index contributed by atoms with van der Waals surface area (Å²) in [6.07, 6.45) is 1.43. The summed E-state index contributed by atoms with van der Waals surface area (Å²) in [7, 11) is -3.80. The lowest BCUT2D eigenvalue weighted by Gasteiger charge is -2.08. The van der Waals surface area contributed by atoms with Gasteiger partial charge in [-0.3, -0.25) is 4.98 Å². The van der Waals surface area contributed by atoms with Crippen LogP contribution in [-0.2, 0) is 15.6 Å². The van der Waals surface area contributed by atoms with E-state index in [2.05, 4.69) is 4.98 Å². The first-order chi connectivity index (χ1) is 9.31. The molecule has 5 nitrogen and oxygen atoms in total. The van der Waals surface area contributed by atoms with Crippen LogP contribution in [0.5, 0.6) is 0 Å². The fraction of sp³-hybridized carbons (Fsp3) is 0.0909. The summed E-state index contributed by atoms with van der Waals surface area (Å²) in [6.45, 7) is 0. The van der Waals surface area contributed by atoms with E-state index < -0.39 is 15.8 Å². The normalized spacial score (nSPS) is 11.5. The van der Waals surface area contributed by atoms with Crippen LogP contribution in [-0.4, -0.2) is 24.5 Å². The number of nitrogens with zero attached hydrogens (tertiary/aromatic N) is 1. The van der Waals surface area contributed by atoms with Gasteiger partial charge >= 0.3 is 5.97 Å². The maximum Gasteiger partial charge on any atom is 0.337 e. The summed E-state index contributed by atoms with van der Waals surface area (Å²) >= 11 is 12.8. The van der Waals surface area contributed by atoms with E-state index in [9.17, 15) is 13.2 Å². The van der Waals surface area contributed by atoms with Crippen molar-refractivity contribution in [3.63, 3.8) is 0 Å². The number of hydrogen-bond acceptors (Lipinski definition) is 5. The lowest BCUT2D eigenvalue weighted by Crippen LogP contribution is -2.08. The Morgan fingerprint density at radius 2 is 2.05 bits per heavy atom. The number of hydrogen-bond donors (Lipinski definition) is 1. The van der Waals surface area contributed by atoms with Crippen molar-refractivity contribution in [3.8, 4) is 0 Å². The van der Waals surface area contributed by atoms with E-state index in [1.54, 1.807) is 0 Å². The van der Waals surface area contributed by atoms with Crippen molar-refractivity contribution in [1.82, 2.24) is 4.98 Å². The van der Waals surface area contributed by atoms with Gasteiger partial charge in [-0.1, -0.05) is 23.2 Å². The molecule has 1 aromatic heterocycles. The van der Waals surface area contributed by atoms with E-state index in [4.69, 9.17) is 28.3 Å². The zero-order valence-electron chi connectivity index (χ0n) is 9.71. The van der Waals surface area contributed by atoms with Crippen molar-refractivity contribution < 1.29 is 18.3 Å². The number of thiazole rings is 1. The number of benzene rings is 1. The van der Waals surface area contributed by atoms with Crippen LogP contribution in [0, 0.1) is 0 Å². The lowest BCUT2D eigenvalue weighted by atomic mass is 10.2. The fourth-order valence-corrected chi connectivity index (χ4v) is 4.76. The van der Waals surface area contributed by atoms with Crippen LogP contribution < -0.4 is 0 Å². The van der Waals surface area contributed by atoms with Gasteiger partial charge < -0.3 is 5.11 Å². The first kappa shape index (κ1) is 15.2. The smallest absolute Gasteiger partial charge is 0.337 e. The molecule has 0 radical (unpaired) electrons. The maximum atomic E-state index is 12.3. The number of carboxylic acids is 1. The number of aromatic carboxylic acids is 1. The number of rotatable bonds is 4. The second-order valence-corrected chi connectivity index (χ2v) is 7.54. The minimum Gasteiger partial charge on any atom is -0.478 e. The minimum absolute atomic E-state index is 0.00493. The van der Waals surface area contributed by atoms with Crippen LogP contribution in [0.25, 0.3) is 0 Å². The van der Waals surface area contributed by atoms with Gasteiger partial charge in [-0.2, -0.15) is 0 Å². The van der Waals surface area contributed by atoms with Gasteiger partial charge in [0.2, 0.25) is 0 Å². The van der Waals surface area contributed by atoms with Crippen LogP contribution in [0.3, 0.4) is 0 Å². The summed E-state index contributed by atoms with van der Waals surface area (Å²) < 4.78 is 24.6. The molecule has 20 heavy (non-hydrogen) atoms. The molecule has 0 saturated heterocycles. The average molecular weight is 352 g/mol. The lowest BCUT2D eigenvalue weighted by molar-refractivity contribution is 0.0697. The van der Waals surface area contributed by atoms with Gasteiger partial charge in [0.05, 0.1) is 26.7 Å². The van der Waals surface area contributed by atoms with Gasteiger partial charge in [0.1, 0.15) is 0 Å². The monoisotopic (exact) mass is 351 g/mol. The highest BCUT2D eigenvalue weighted by Crippen LogP contribution is 2.31. The van der Waals surface area contributed by atoms with Crippen molar-refractivity contribution in [2.45, 2.75) is 10.6 Å². The molecule has 2 aromatic rings. The summed E-state index contributed by atoms with van der Waals surface area (Å²) in [6, 6.07) is 2.25. The standard InChI is InChI=1S/C11H7Cl2NO4S2/c12-6-1-8(11(15)16)10(13)9(2-6)20(17,18)4-7-3-14-5-19-7/h1-3,5H,4H2,(H,15,16). The number of aromatic nitrogens is 1. The minimum atomic E-state index is -3.80. The van der Waals surface area contributed by atoms with Crippen LogP contribution in [0.4, 0.5) is 0 Å². The number of carboxylic acid groups (broad SMARTS) is 1. The van der Waals surface area contributed by atoms with Crippen molar-refractivity contribution in [1.29, 1.82) is 0 Å². The van der Waals surface area contributed by atoms with Crippen molar-refractivity contribution in [3.05, 3.63) is 44.3 Å². The second kappa shape index (κ2) is 5.69. The molecule has 0 fully saturated rings. The van der Waals surface area contributed by atoms with Crippen molar-refractivity contribution >= 4 is 50.3 Å². The number of sulfone groups is 1. The quantitative estimate of drug-likeness (QED) is 0.914. The maximum absolute atomic E-state index is 12.3. The van der Waals surface area contributed by atoms with Gasteiger partial charge in [0.15, 0.2) is 9.84 Å². The molecule has 1 aromatic carbocycles. The van der Waals surface area contributed by atoms with E-state index >= 15 is 0 Å². The highest BCUT2D eigenvalue weighted by atomic mass is 35.5. The highest BCUT2D eigenvalue weighted by molar-refractivity contribution is 7.91. The van der Waals surface area contributed by atoms with Gasteiger partial charge in [0, 0.05) is 16.1 Å². The fourth-order valence-electron chi connectivity index (χ4n) is 1.52. The molecule has 0 amide bonds. The van der Waals surface area contributed by atoms with Gasteiger partial charge in [-0.05, 0) is 12.1 Å². The molecule has 0 aliphatic rings. The predicted molar refractivity (Wildman–Crippen MR) is 76.4 cm³/mol. The number of halogens is 2. The molecule has 9 heteroatoms.